The Hall–Kier alpha value is -3.07. The van der Waals surface area contributed by atoms with Gasteiger partial charge in [0, 0.05) is 11.6 Å². The van der Waals surface area contributed by atoms with Gasteiger partial charge in [-0.05, 0) is 61.4 Å². The van der Waals surface area contributed by atoms with Gasteiger partial charge in [0.25, 0.3) is 5.95 Å². The second-order valence-corrected chi connectivity index (χ2v) is 6.21. The van der Waals surface area contributed by atoms with E-state index in [1.807, 2.05) is 56.3 Å². The van der Waals surface area contributed by atoms with Gasteiger partial charge >= 0.3 is 0 Å². The van der Waals surface area contributed by atoms with Gasteiger partial charge in [-0.15, -0.1) is 0 Å². The van der Waals surface area contributed by atoms with E-state index in [2.05, 4.69) is 0 Å². The van der Waals surface area contributed by atoms with Gasteiger partial charge in [0.05, 0.1) is 0 Å². The number of halogens is 1. The van der Waals surface area contributed by atoms with Crippen molar-refractivity contribution in [2.45, 2.75) is 13.8 Å². The molecule has 1 heterocycles. The smallest absolute Gasteiger partial charge is 0.290 e. The van der Waals surface area contributed by atoms with E-state index in [1.54, 1.807) is 12.1 Å². The summed E-state index contributed by atoms with van der Waals surface area (Å²) in [7, 11) is 0. The van der Waals surface area contributed by atoms with Gasteiger partial charge in [0.2, 0.25) is 0 Å². The van der Waals surface area contributed by atoms with E-state index in [9.17, 15) is 4.39 Å². The molecular weight excluding hydrogens is 315 g/mol. The number of rotatable bonds is 2. The van der Waals surface area contributed by atoms with Crippen molar-refractivity contribution in [1.29, 1.82) is 0 Å². The first-order valence-electron chi connectivity index (χ1n) is 8.13. The molecule has 3 aromatic rings. The molecule has 3 heteroatoms. The predicted molar refractivity (Wildman–Crippen MR) is 97.0 cm³/mol. The van der Waals surface area contributed by atoms with Crippen molar-refractivity contribution in [3.8, 4) is 22.6 Å². The van der Waals surface area contributed by atoms with Crippen LogP contribution < -0.4 is 9.47 Å². The molecule has 0 atom stereocenters. The standard InChI is InChI=1S/C22H17FO2/c1-14-3-7-18(8-4-14)24-22-13-16-12-17(23)6-9-19(16)20-11-15(2)5-10-21(20)25-22/h3-13H,1-2H3. The molecule has 0 saturated carbocycles. The lowest BCUT2D eigenvalue weighted by molar-refractivity contribution is 0.232. The topological polar surface area (TPSA) is 18.5 Å². The Morgan fingerprint density at radius 3 is 2.36 bits per heavy atom. The first-order chi connectivity index (χ1) is 12.1. The molecule has 0 aromatic heterocycles. The zero-order valence-corrected chi connectivity index (χ0v) is 14.0. The summed E-state index contributed by atoms with van der Waals surface area (Å²) in [4.78, 5) is 0. The normalized spacial score (nSPS) is 12.4. The van der Waals surface area contributed by atoms with E-state index in [4.69, 9.17) is 9.47 Å². The highest BCUT2D eigenvalue weighted by Gasteiger charge is 2.18. The van der Waals surface area contributed by atoms with Gasteiger partial charge < -0.3 is 9.47 Å². The molecule has 1 aliphatic heterocycles. The third kappa shape index (κ3) is 3.13. The van der Waals surface area contributed by atoms with E-state index in [1.165, 1.54) is 12.1 Å². The maximum Gasteiger partial charge on any atom is 0.290 e. The Morgan fingerprint density at radius 2 is 1.56 bits per heavy atom. The largest absolute Gasteiger partial charge is 0.426 e. The number of ether oxygens (including phenoxy) is 2. The number of hydrogen-bond donors (Lipinski definition) is 0. The highest BCUT2D eigenvalue weighted by Crippen LogP contribution is 2.38. The lowest BCUT2D eigenvalue weighted by atomic mass is 9.98. The minimum Gasteiger partial charge on any atom is -0.426 e. The van der Waals surface area contributed by atoms with E-state index in [-0.39, 0.29) is 5.82 Å². The fourth-order valence-electron chi connectivity index (χ4n) is 2.88. The molecule has 0 aliphatic carbocycles. The van der Waals surface area contributed by atoms with Crippen LogP contribution in [0.5, 0.6) is 11.5 Å². The summed E-state index contributed by atoms with van der Waals surface area (Å²) < 4.78 is 25.6. The van der Waals surface area contributed by atoms with Crippen LogP contribution in [-0.4, -0.2) is 0 Å². The maximum absolute atomic E-state index is 13.8. The van der Waals surface area contributed by atoms with Crippen LogP contribution in [0.1, 0.15) is 16.7 Å². The monoisotopic (exact) mass is 332 g/mol. The third-order valence-electron chi connectivity index (χ3n) is 4.16. The fraction of sp³-hybridized carbons (Fsp3) is 0.0909. The van der Waals surface area contributed by atoms with Crippen LogP contribution in [0.15, 0.2) is 66.6 Å². The van der Waals surface area contributed by atoms with E-state index in [0.29, 0.717) is 17.4 Å². The molecule has 25 heavy (non-hydrogen) atoms. The number of hydrogen-bond acceptors (Lipinski definition) is 2. The molecule has 0 unspecified atom stereocenters. The molecule has 124 valence electrons. The zero-order valence-electron chi connectivity index (χ0n) is 14.0. The summed E-state index contributed by atoms with van der Waals surface area (Å²) in [5, 5.41) is 0. The summed E-state index contributed by atoms with van der Waals surface area (Å²) in [5.41, 5.74) is 4.83. The second-order valence-electron chi connectivity index (χ2n) is 6.21. The zero-order chi connectivity index (χ0) is 17.4. The molecule has 0 N–H and O–H groups in total. The Morgan fingerprint density at radius 1 is 0.800 bits per heavy atom. The third-order valence-corrected chi connectivity index (χ3v) is 4.16. The number of benzene rings is 3. The van der Waals surface area contributed by atoms with Crippen molar-refractivity contribution < 1.29 is 13.9 Å². The first-order valence-corrected chi connectivity index (χ1v) is 8.13. The molecular formula is C22H17FO2. The second kappa shape index (κ2) is 6.10. The quantitative estimate of drug-likeness (QED) is 0.583. The molecule has 0 fully saturated rings. The first kappa shape index (κ1) is 15.5. The molecule has 4 rings (SSSR count). The fourth-order valence-corrected chi connectivity index (χ4v) is 2.88. The Balaban J connectivity index is 1.81. The van der Waals surface area contributed by atoms with Gasteiger partial charge in [-0.2, -0.15) is 0 Å². The van der Waals surface area contributed by atoms with Crippen LogP contribution in [0.3, 0.4) is 0 Å². The Labute approximate surface area is 146 Å². The van der Waals surface area contributed by atoms with Crippen molar-refractivity contribution in [1.82, 2.24) is 0 Å². The maximum atomic E-state index is 13.8. The van der Waals surface area contributed by atoms with Crippen LogP contribution in [0.4, 0.5) is 4.39 Å². The molecule has 1 aliphatic rings. The van der Waals surface area contributed by atoms with E-state index >= 15 is 0 Å². The van der Waals surface area contributed by atoms with Gasteiger partial charge in [0.15, 0.2) is 0 Å². The van der Waals surface area contributed by atoms with Crippen molar-refractivity contribution in [2.75, 3.05) is 0 Å². The lowest BCUT2D eigenvalue weighted by Gasteiger charge is -2.12. The van der Waals surface area contributed by atoms with Crippen LogP contribution in [0.2, 0.25) is 0 Å². The minimum absolute atomic E-state index is 0.291. The molecule has 0 spiro atoms. The summed E-state index contributed by atoms with van der Waals surface area (Å²) in [5.74, 6) is 1.39. The van der Waals surface area contributed by atoms with Gasteiger partial charge in [-0.1, -0.05) is 35.4 Å². The number of fused-ring (bicyclic) bond motifs is 3. The van der Waals surface area contributed by atoms with Crippen LogP contribution >= 0.6 is 0 Å². The van der Waals surface area contributed by atoms with Crippen LogP contribution in [0.25, 0.3) is 17.2 Å². The number of aryl methyl sites for hydroxylation is 2. The Bertz CT molecular complexity index is 972. The molecule has 0 bridgehead atoms. The van der Waals surface area contributed by atoms with Crippen LogP contribution in [-0.2, 0) is 0 Å². The van der Waals surface area contributed by atoms with E-state index in [0.717, 1.165) is 27.8 Å². The van der Waals surface area contributed by atoms with E-state index < -0.39 is 0 Å². The summed E-state index contributed by atoms with van der Waals surface area (Å²) in [6.45, 7) is 4.04. The molecule has 2 nitrogen and oxygen atoms in total. The van der Waals surface area contributed by atoms with Crippen LogP contribution in [0, 0.1) is 19.7 Å². The van der Waals surface area contributed by atoms with Crippen molar-refractivity contribution in [3.05, 3.63) is 89.1 Å². The van der Waals surface area contributed by atoms with Crippen molar-refractivity contribution in [3.63, 3.8) is 0 Å². The SMILES string of the molecule is Cc1ccc(OC2=Cc3cc(F)ccc3-c3cc(C)ccc3O2)cc1. The van der Waals surface area contributed by atoms with Gasteiger partial charge in [-0.25, -0.2) is 4.39 Å². The summed E-state index contributed by atoms with van der Waals surface area (Å²) in [6.07, 6.45) is 1.73. The molecule has 3 aromatic carbocycles. The average Bonchev–Trinajstić information content (AvgIpc) is 2.72. The molecule has 0 saturated heterocycles. The summed E-state index contributed by atoms with van der Waals surface area (Å²) in [6, 6.07) is 18.4. The molecule has 0 radical (unpaired) electrons. The minimum atomic E-state index is -0.291. The highest BCUT2D eigenvalue weighted by molar-refractivity contribution is 5.81. The predicted octanol–water partition coefficient (Wildman–Crippen LogP) is 5.88. The van der Waals surface area contributed by atoms with Gasteiger partial charge in [-0.3, -0.25) is 0 Å². The average molecular weight is 332 g/mol. The van der Waals surface area contributed by atoms with Crippen molar-refractivity contribution in [2.24, 2.45) is 0 Å². The molecule has 0 amide bonds. The van der Waals surface area contributed by atoms with Gasteiger partial charge in [0.1, 0.15) is 17.3 Å². The lowest BCUT2D eigenvalue weighted by Crippen LogP contribution is -2.03. The highest BCUT2D eigenvalue weighted by atomic mass is 19.1. The van der Waals surface area contributed by atoms with Crippen molar-refractivity contribution >= 4 is 6.08 Å². The Kier molecular flexibility index (Phi) is 3.77. The summed E-state index contributed by atoms with van der Waals surface area (Å²) >= 11 is 0.